The number of hydrogen-bond acceptors (Lipinski definition) is 5. The summed E-state index contributed by atoms with van der Waals surface area (Å²) in [6.07, 6.45) is 0. The molecule has 8 heteroatoms. The zero-order chi connectivity index (χ0) is 19.1. The summed E-state index contributed by atoms with van der Waals surface area (Å²) in [5, 5.41) is 3.00. The number of ether oxygens (including phenoxy) is 2. The molecule has 0 aliphatic carbocycles. The molecule has 1 unspecified atom stereocenters. The largest absolute Gasteiger partial charge is 0.495 e. The molecule has 138 valence electrons. The molecule has 0 bridgehead atoms. The molecule has 1 N–H and O–H groups in total. The third kappa shape index (κ3) is 5.06. The number of halogens is 1. The van der Waals surface area contributed by atoms with Crippen LogP contribution in [0.1, 0.15) is 17.3 Å². The Hall–Kier alpha value is -2.38. The van der Waals surface area contributed by atoms with Crippen LogP contribution < -0.4 is 10.1 Å². The second-order valence-corrected chi connectivity index (χ2v) is 7.24. The molecule has 2 aromatic carbocycles. The highest BCUT2D eigenvalue weighted by Crippen LogP contribution is 2.27. The summed E-state index contributed by atoms with van der Waals surface area (Å²) in [4.78, 5) is 24.7. The molecular weight excluding hydrogens is 378 g/mol. The van der Waals surface area contributed by atoms with Crippen LogP contribution in [0.5, 0.6) is 5.75 Å². The van der Waals surface area contributed by atoms with Gasteiger partial charge in [0.2, 0.25) is 0 Å². The third-order valence-electron chi connectivity index (χ3n) is 3.38. The minimum Gasteiger partial charge on any atom is -0.495 e. The molecule has 1 amide bonds. The van der Waals surface area contributed by atoms with E-state index in [4.69, 9.17) is 21.1 Å². The van der Waals surface area contributed by atoms with Gasteiger partial charge < -0.3 is 14.8 Å². The Labute approximate surface area is 158 Å². The Balaban J connectivity index is 2.03. The van der Waals surface area contributed by atoms with E-state index in [2.05, 4.69) is 5.32 Å². The molecule has 2 rings (SSSR count). The SMILES string of the molecule is CCS(=O)c1ccccc1C(=O)OCC(=O)Nc1cc(Cl)ccc1OC. The summed E-state index contributed by atoms with van der Waals surface area (Å²) < 4.78 is 22.2. The van der Waals surface area contributed by atoms with Crippen LogP contribution in [0.3, 0.4) is 0 Å². The number of carbonyl (C=O) groups excluding carboxylic acids is 2. The van der Waals surface area contributed by atoms with Gasteiger partial charge in [-0.1, -0.05) is 30.7 Å². The number of nitrogens with one attached hydrogen (secondary N) is 1. The van der Waals surface area contributed by atoms with E-state index in [1.165, 1.54) is 19.2 Å². The van der Waals surface area contributed by atoms with Crippen LogP contribution in [0, 0.1) is 0 Å². The van der Waals surface area contributed by atoms with E-state index in [1.54, 1.807) is 37.3 Å². The van der Waals surface area contributed by atoms with E-state index < -0.39 is 29.3 Å². The van der Waals surface area contributed by atoms with Gasteiger partial charge in [-0.15, -0.1) is 0 Å². The van der Waals surface area contributed by atoms with E-state index >= 15 is 0 Å². The van der Waals surface area contributed by atoms with Crippen LogP contribution >= 0.6 is 11.6 Å². The maximum atomic E-state index is 12.2. The molecule has 0 spiro atoms. The fourth-order valence-electron chi connectivity index (χ4n) is 2.16. The van der Waals surface area contributed by atoms with Gasteiger partial charge in [-0.25, -0.2) is 4.79 Å². The lowest BCUT2D eigenvalue weighted by atomic mass is 10.2. The highest BCUT2D eigenvalue weighted by atomic mass is 35.5. The maximum Gasteiger partial charge on any atom is 0.339 e. The number of amides is 1. The average molecular weight is 396 g/mol. The maximum absolute atomic E-state index is 12.2. The van der Waals surface area contributed by atoms with Gasteiger partial charge in [-0.2, -0.15) is 0 Å². The Kier molecular flexibility index (Phi) is 7.17. The third-order valence-corrected chi connectivity index (χ3v) is 4.99. The lowest BCUT2D eigenvalue weighted by Gasteiger charge is -2.11. The zero-order valence-corrected chi connectivity index (χ0v) is 15.9. The number of esters is 1. The van der Waals surface area contributed by atoms with Crippen molar-refractivity contribution in [3.05, 3.63) is 53.1 Å². The summed E-state index contributed by atoms with van der Waals surface area (Å²) in [6, 6.07) is 11.2. The fourth-order valence-corrected chi connectivity index (χ4v) is 3.27. The van der Waals surface area contributed by atoms with Crippen LogP contribution in [-0.2, 0) is 20.3 Å². The molecule has 0 saturated heterocycles. The first-order valence-electron chi connectivity index (χ1n) is 7.74. The van der Waals surface area contributed by atoms with Crippen molar-refractivity contribution in [1.29, 1.82) is 0 Å². The molecule has 0 aliphatic rings. The molecule has 26 heavy (non-hydrogen) atoms. The molecule has 1 atom stereocenters. The van der Waals surface area contributed by atoms with Gasteiger partial charge in [-0.3, -0.25) is 9.00 Å². The topological polar surface area (TPSA) is 81.7 Å². The lowest BCUT2D eigenvalue weighted by molar-refractivity contribution is -0.119. The van der Waals surface area contributed by atoms with Crippen LogP contribution in [-0.4, -0.2) is 35.6 Å². The highest BCUT2D eigenvalue weighted by Gasteiger charge is 2.17. The second-order valence-electron chi connectivity index (χ2n) is 5.10. The lowest BCUT2D eigenvalue weighted by Crippen LogP contribution is -2.22. The minimum absolute atomic E-state index is 0.181. The first kappa shape index (κ1) is 19.9. The van der Waals surface area contributed by atoms with Crippen molar-refractivity contribution in [2.75, 3.05) is 24.8 Å². The number of benzene rings is 2. The van der Waals surface area contributed by atoms with Crippen LogP contribution in [0.25, 0.3) is 0 Å². The van der Waals surface area contributed by atoms with Crippen molar-refractivity contribution in [3.8, 4) is 5.75 Å². The highest BCUT2D eigenvalue weighted by molar-refractivity contribution is 7.85. The minimum atomic E-state index is -1.31. The van der Waals surface area contributed by atoms with Crippen LogP contribution in [0.4, 0.5) is 5.69 Å². The summed E-state index contributed by atoms with van der Waals surface area (Å²) in [7, 11) is 0.154. The van der Waals surface area contributed by atoms with Crippen LogP contribution in [0.2, 0.25) is 5.02 Å². The Bertz CT molecular complexity index is 840. The Morgan fingerprint density at radius 2 is 1.92 bits per heavy atom. The van der Waals surface area contributed by atoms with Crippen molar-refractivity contribution >= 4 is 40.0 Å². The van der Waals surface area contributed by atoms with Gasteiger partial charge in [-0.05, 0) is 30.3 Å². The van der Waals surface area contributed by atoms with Crippen molar-refractivity contribution in [1.82, 2.24) is 0 Å². The molecule has 6 nitrogen and oxygen atoms in total. The number of anilines is 1. The molecule has 0 fully saturated rings. The molecule has 0 radical (unpaired) electrons. The van der Waals surface area contributed by atoms with E-state index in [-0.39, 0.29) is 5.56 Å². The van der Waals surface area contributed by atoms with E-state index in [0.29, 0.717) is 27.1 Å². The van der Waals surface area contributed by atoms with Crippen molar-refractivity contribution in [2.24, 2.45) is 0 Å². The Morgan fingerprint density at radius 3 is 2.62 bits per heavy atom. The molecule has 0 heterocycles. The van der Waals surface area contributed by atoms with Crippen molar-refractivity contribution in [2.45, 2.75) is 11.8 Å². The summed E-state index contributed by atoms with van der Waals surface area (Å²) in [6.45, 7) is 1.26. The Morgan fingerprint density at radius 1 is 1.19 bits per heavy atom. The molecule has 2 aromatic rings. The van der Waals surface area contributed by atoms with Crippen molar-refractivity contribution < 1.29 is 23.3 Å². The standard InChI is InChI=1S/C18H18ClNO5S/c1-3-26(23)16-7-5-4-6-13(16)18(22)25-11-17(21)20-14-10-12(19)8-9-15(14)24-2/h4-10H,3,11H2,1-2H3,(H,20,21). The quantitative estimate of drug-likeness (QED) is 0.727. The van der Waals surface area contributed by atoms with Gasteiger partial charge in [0.25, 0.3) is 5.91 Å². The molecular formula is C18H18ClNO5S. The summed E-state index contributed by atoms with van der Waals surface area (Å²) in [5.41, 5.74) is 0.550. The smallest absolute Gasteiger partial charge is 0.339 e. The van der Waals surface area contributed by atoms with Gasteiger partial charge in [0.1, 0.15) is 5.75 Å². The monoisotopic (exact) mass is 395 g/mol. The van der Waals surface area contributed by atoms with Crippen molar-refractivity contribution in [3.63, 3.8) is 0 Å². The predicted molar refractivity (Wildman–Crippen MR) is 100 cm³/mol. The molecule has 0 aliphatic heterocycles. The second kappa shape index (κ2) is 9.35. The van der Waals surface area contributed by atoms with E-state index in [0.717, 1.165) is 0 Å². The fraction of sp³-hybridized carbons (Fsp3) is 0.222. The number of rotatable bonds is 7. The normalized spacial score (nSPS) is 11.5. The van der Waals surface area contributed by atoms with E-state index in [1.807, 2.05) is 0 Å². The van der Waals surface area contributed by atoms with Gasteiger partial charge in [0.15, 0.2) is 6.61 Å². The average Bonchev–Trinajstić information content (AvgIpc) is 2.65. The van der Waals surface area contributed by atoms with Crippen LogP contribution in [0.15, 0.2) is 47.4 Å². The molecule has 0 saturated carbocycles. The number of carbonyl (C=O) groups is 2. The first-order valence-corrected chi connectivity index (χ1v) is 9.43. The van der Waals surface area contributed by atoms with Gasteiger partial charge >= 0.3 is 5.97 Å². The van der Waals surface area contributed by atoms with Gasteiger partial charge in [0, 0.05) is 10.8 Å². The summed E-state index contributed by atoms with van der Waals surface area (Å²) >= 11 is 5.90. The first-order chi connectivity index (χ1) is 12.5. The number of methoxy groups -OCH3 is 1. The number of hydrogen-bond donors (Lipinski definition) is 1. The molecule has 0 aromatic heterocycles. The summed E-state index contributed by atoms with van der Waals surface area (Å²) in [5.74, 6) is -0.458. The zero-order valence-electron chi connectivity index (χ0n) is 14.3. The van der Waals surface area contributed by atoms with Gasteiger partial charge in [0.05, 0.1) is 34.1 Å². The van der Waals surface area contributed by atoms with E-state index in [9.17, 15) is 13.8 Å². The predicted octanol–water partition coefficient (Wildman–Crippen LogP) is 3.27.